The van der Waals surface area contributed by atoms with Crippen LogP contribution in [0.4, 0.5) is 0 Å². The smallest absolute Gasteiger partial charge is 0.0834 e. The van der Waals surface area contributed by atoms with Gasteiger partial charge in [0.25, 0.3) is 0 Å². The van der Waals surface area contributed by atoms with Crippen molar-refractivity contribution in [2.24, 2.45) is 0 Å². The van der Waals surface area contributed by atoms with Gasteiger partial charge in [-0.05, 0) is 6.42 Å². The summed E-state index contributed by atoms with van der Waals surface area (Å²) in [5, 5.41) is 9.14. The molecule has 2 unspecified atom stereocenters. The first-order valence-electron chi connectivity index (χ1n) is 3.42. The lowest BCUT2D eigenvalue weighted by atomic mass is 10.1. The van der Waals surface area contributed by atoms with Gasteiger partial charge in [-0.3, -0.25) is 0 Å². The molecule has 0 aliphatic carbocycles. The van der Waals surface area contributed by atoms with E-state index < -0.39 is 0 Å². The standard InChI is InChI=1S/C7H13O2/c1-2-3-6(8)4-7-5-9-7/h6-8H,1-5H2. The fourth-order valence-corrected chi connectivity index (χ4v) is 0.861. The minimum atomic E-state index is -0.185. The number of rotatable bonds is 4. The predicted molar refractivity (Wildman–Crippen MR) is 35.0 cm³/mol. The van der Waals surface area contributed by atoms with Gasteiger partial charge in [0.05, 0.1) is 18.8 Å². The van der Waals surface area contributed by atoms with E-state index in [1.165, 1.54) is 0 Å². The summed E-state index contributed by atoms with van der Waals surface area (Å²) in [6.45, 7) is 4.49. The number of aliphatic hydroxyl groups is 1. The van der Waals surface area contributed by atoms with Gasteiger partial charge < -0.3 is 9.84 Å². The largest absolute Gasteiger partial charge is 0.393 e. The second kappa shape index (κ2) is 3.18. The summed E-state index contributed by atoms with van der Waals surface area (Å²) in [5.41, 5.74) is 0. The first-order valence-corrected chi connectivity index (χ1v) is 3.42. The topological polar surface area (TPSA) is 32.8 Å². The molecule has 0 saturated carbocycles. The molecule has 1 aliphatic rings. The zero-order valence-corrected chi connectivity index (χ0v) is 5.55. The molecule has 1 rings (SSSR count). The van der Waals surface area contributed by atoms with Crippen LogP contribution in [0.3, 0.4) is 0 Å². The van der Waals surface area contributed by atoms with Crippen LogP contribution >= 0.6 is 0 Å². The van der Waals surface area contributed by atoms with E-state index in [4.69, 9.17) is 9.84 Å². The quantitative estimate of drug-likeness (QED) is 0.568. The van der Waals surface area contributed by atoms with Crippen molar-refractivity contribution in [2.45, 2.75) is 31.5 Å². The Morgan fingerprint density at radius 3 is 2.89 bits per heavy atom. The molecule has 1 N–H and O–H groups in total. The molecule has 0 bridgehead atoms. The first-order chi connectivity index (χ1) is 4.33. The molecule has 2 nitrogen and oxygen atoms in total. The molecule has 1 radical (unpaired) electrons. The molecule has 0 amide bonds. The van der Waals surface area contributed by atoms with E-state index in [0.717, 1.165) is 25.9 Å². The molecule has 9 heavy (non-hydrogen) atoms. The van der Waals surface area contributed by atoms with E-state index in [1.54, 1.807) is 0 Å². The highest BCUT2D eigenvalue weighted by molar-refractivity contribution is 4.73. The molecule has 53 valence electrons. The van der Waals surface area contributed by atoms with Gasteiger partial charge in [-0.15, -0.1) is 0 Å². The van der Waals surface area contributed by atoms with Crippen LogP contribution in [-0.2, 0) is 4.74 Å². The maximum absolute atomic E-state index is 9.14. The van der Waals surface area contributed by atoms with Gasteiger partial charge in [0, 0.05) is 6.42 Å². The average molecular weight is 129 g/mol. The molecule has 1 heterocycles. The van der Waals surface area contributed by atoms with Crippen molar-refractivity contribution in [3.63, 3.8) is 0 Å². The van der Waals surface area contributed by atoms with E-state index in [9.17, 15) is 0 Å². The summed E-state index contributed by atoms with van der Waals surface area (Å²) in [6.07, 6.45) is 2.59. The molecule has 0 aromatic rings. The maximum atomic E-state index is 9.14. The predicted octanol–water partition coefficient (Wildman–Crippen LogP) is 0.750. The minimum absolute atomic E-state index is 0.185. The lowest BCUT2D eigenvalue weighted by Crippen LogP contribution is -2.08. The maximum Gasteiger partial charge on any atom is 0.0834 e. The number of ether oxygens (including phenoxy) is 1. The van der Waals surface area contributed by atoms with Crippen LogP contribution < -0.4 is 0 Å². The van der Waals surface area contributed by atoms with Crippen molar-refractivity contribution >= 4 is 0 Å². The Hall–Kier alpha value is -0.0800. The highest BCUT2D eigenvalue weighted by atomic mass is 16.6. The molecular formula is C7H13O2. The summed E-state index contributed by atoms with van der Waals surface area (Å²) in [6, 6.07) is 0. The SMILES string of the molecule is [CH2]CCC(O)CC1CO1. The average Bonchev–Trinajstić information content (AvgIpc) is 2.50. The third kappa shape index (κ3) is 2.82. The Kier molecular flexibility index (Phi) is 2.49. The minimum Gasteiger partial charge on any atom is -0.393 e. The van der Waals surface area contributed by atoms with Crippen molar-refractivity contribution < 1.29 is 9.84 Å². The fraction of sp³-hybridized carbons (Fsp3) is 0.857. The van der Waals surface area contributed by atoms with Crippen LogP contribution in [0.1, 0.15) is 19.3 Å². The Morgan fingerprint density at radius 2 is 2.44 bits per heavy atom. The molecule has 1 saturated heterocycles. The number of aliphatic hydroxyl groups excluding tert-OH is 1. The van der Waals surface area contributed by atoms with E-state index in [2.05, 4.69) is 6.92 Å². The second-order valence-electron chi connectivity index (χ2n) is 2.49. The van der Waals surface area contributed by atoms with Gasteiger partial charge in [-0.1, -0.05) is 13.3 Å². The summed E-state index contributed by atoms with van der Waals surface area (Å²) in [4.78, 5) is 0. The van der Waals surface area contributed by atoms with Gasteiger partial charge in [0.2, 0.25) is 0 Å². The molecule has 0 aromatic heterocycles. The van der Waals surface area contributed by atoms with E-state index in [-0.39, 0.29) is 6.10 Å². The molecule has 2 heteroatoms. The Labute approximate surface area is 55.8 Å². The third-order valence-electron chi connectivity index (χ3n) is 1.47. The van der Waals surface area contributed by atoms with Gasteiger partial charge in [0.15, 0.2) is 0 Å². The Balaban J connectivity index is 1.95. The van der Waals surface area contributed by atoms with Crippen LogP contribution in [0.2, 0.25) is 0 Å². The van der Waals surface area contributed by atoms with Crippen LogP contribution in [-0.4, -0.2) is 23.9 Å². The second-order valence-corrected chi connectivity index (χ2v) is 2.49. The monoisotopic (exact) mass is 129 g/mol. The number of hydrogen-bond donors (Lipinski definition) is 1. The van der Waals surface area contributed by atoms with Crippen molar-refractivity contribution in [1.82, 2.24) is 0 Å². The normalized spacial score (nSPS) is 28.0. The fourth-order valence-electron chi connectivity index (χ4n) is 0.861. The summed E-state index contributed by atoms with van der Waals surface area (Å²) in [5.74, 6) is 0. The molecule has 1 fully saturated rings. The van der Waals surface area contributed by atoms with Gasteiger partial charge in [-0.2, -0.15) is 0 Å². The van der Waals surface area contributed by atoms with Crippen molar-refractivity contribution in [2.75, 3.05) is 6.61 Å². The van der Waals surface area contributed by atoms with Crippen LogP contribution in [0, 0.1) is 6.92 Å². The molecule has 2 atom stereocenters. The Morgan fingerprint density at radius 1 is 1.78 bits per heavy atom. The van der Waals surface area contributed by atoms with E-state index in [1.807, 2.05) is 0 Å². The first kappa shape index (κ1) is 7.03. The summed E-state index contributed by atoms with van der Waals surface area (Å²) >= 11 is 0. The van der Waals surface area contributed by atoms with Crippen molar-refractivity contribution in [1.29, 1.82) is 0 Å². The summed E-state index contributed by atoms with van der Waals surface area (Å²) < 4.78 is 4.95. The molecule has 0 spiro atoms. The lowest BCUT2D eigenvalue weighted by Gasteiger charge is -2.04. The number of epoxide rings is 1. The van der Waals surface area contributed by atoms with Gasteiger partial charge in [0.1, 0.15) is 0 Å². The highest BCUT2D eigenvalue weighted by Crippen LogP contribution is 2.17. The highest BCUT2D eigenvalue weighted by Gasteiger charge is 2.24. The van der Waals surface area contributed by atoms with Gasteiger partial charge in [-0.25, -0.2) is 0 Å². The molecule has 1 aliphatic heterocycles. The molecule has 0 aromatic carbocycles. The zero-order chi connectivity index (χ0) is 6.69. The van der Waals surface area contributed by atoms with E-state index in [0.29, 0.717) is 6.10 Å². The zero-order valence-electron chi connectivity index (χ0n) is 5.55. The summed E-state index contributed by atoms with van der Waals surface area (Å²) in [7, 11) is 0. The Bertz CT molecular complexity index is 79.0. The number of hydrogen-bond acceptors (Lipinski definition) is 2. The van der Waals surface area contributed by atoms with Crippen LogP contribution in [0.25, 0.3) is 0 Å². The van der Waals surface area contributed by atoms with E-state index >= 15 is 0 Å². The molecular weight excluding hydrogens is 116 g/mol. The third-order valence-corrected chi connectivity index (χ3v) is 1.47. The van der Waals surface area contributed by atoms with Gasteiger partial charge >= 0.3 is 0 Å². The van der Waals surface area contributed by atoms with Crippen LogP contribution in [0.15, 0.2) is 0 Å². The van der Waals surface area contributed by atoms with Crippen LogP contribution in [0.5, 0.6) is 0 Å². The van der Waals surface area contributed by atoms with Crippen molar-refractivity contribution in [3.05, 3.63) is 6.92 Å². The lowest BCUT2D eigenvalue weighted by molar-refractivity contribution is 0.143. The van der Waals surface area contributed by atoms with Crippen molar-refractivity contribution in [3.8, 4) is 0 Å².